The number of nitrogens with one attached hydrogen (secondary N) is 2. The number of hydrogen-bond acceptors (Lipinski definition) is 3. The Bertz CT molecular complexity index is 571. The Hall–Kier alpha value is -1.95. The Kier molecular flexibility index (Phi) is 6.10. The van der Waals surface area contributed by atoms with Gasteiger partial charge in [0.25, 0.3) is 0 Å². The van der Waals surface area contributed by atoms with Crippen molar-refractivity contribution >= 4 is 34.9 Å². The van der Waals surface area contributed by atoms with Gasteiger partial charge in [-0.3, -0.25) is 4.79 Å². The molecular formula is C16H23ClN4O2. The van der Waals surface area contributed by atoms with Crippen LogP contribution in [0.5, 0.6) is 0 Å². The largest absolute Gasteiger partial charge is 0.375 e. The van der Waals surface area contributed by atoms with Crippen LogP contribution in [0.15, 0.2) is 18.2 Å². The van der Waals surface area contributed by atoms with Crippen LogP contribution < -0.4 is 15.5 Å². The van der Waals surface area contributed by atoms with Gasteiger partial charge in [0, 0.05) is 40.2 Å². The normalized spacial score (nSPS) is 13.8. The molecule has 3 amide bonds. The third kappa shape index (κ3) is 4.76. The van der Waals surface area contributed by atoms with Gasteiger partial charge in [-0.1, -0.05) is 17.7 Å². The number of amides is 3. The van der Waals surface area contributed by atoms with Crippen LogP contribution in [-0.2, 0) is 4.79 Å². The highest BCUT2D eigenvalue weighted by Gasteiger charge is 2.17. The molecule has 0 atom stereocenters. The van der Waals surface area contributed by atoms with E-state index in [2.05, 4.69) is 10.6 Å². The number of rotatable bonds is 5. The second kappa shape index (κ2) is 8.06. The van der Waals surface area contributed by atoms with E-state index >= 15 is 0 Å². The summed E-state index contributed by atoms with van der Waals surface area (Å²) in [5.41, 5.74) is 1.38. The maximum absolute atomic E-state index is 12.0. The van der Waals surface area contributed by atoms with E-state index in [4.69, 9.17) is 11.6 Å². The van der Waals surface area contributed by atoms with Crippen LogP contribution >= 0.6 is 11.6 Å². The van der Waals surface area contributed by atoms with Crippen molar-refractivity contribution in [2.45, 2.75) is 19.3 Å². The highest BCUT2D eigenvalue weighted by atomic mass is 35.5. The minimum atomic E-state index is -0.343. The first kappa shape index (κ1) is 17.4. The molecule has 0 radical (unpaired) electrons. The van der Waals surface area contributed by atoms with Crippen molar-refractivity contribution in [3.8, 4) is 0 Å². The third-order valence-corrected chi connectivity index (χ3v) is 4.07. The lowest BCUT2D eigenvalue weighted by atomic mass is 10.2. The van der Waals surface area contributed by atoms with Crippen molar-refractivity contribution < 1.29 is 9.59 Å². The summed E-state index contributed by atoms with van der Waals surface area (Å²) in [5, 5.41) is 6.05. The number of benzene rings is 1. The van der Waals surface area contributed by atoms with E-state index in [9.17, 15) is 9.59 Å². The Morgan fingerprint density at radius 3 is 2.61 bits per heavy atom. The first-order chi connectivity index (χ1) is 11.0. The average Bonchev–Trinajstić information content (AvgIpc) is 3.01. The van der Waals surface area contributed by atoms with Crippen LogP contribution in [0.2, 0.25) is 5.02 Å². The fourth-order valence-corrected chi connectivity index (χ4v) is 2.99. The molecule has 1 aliphatic rings. The minimum absolute atomic E-state index is 0.0968. The van der Waals surface area contributed by atoms with Crippen LogP contribution in [0.1, 0.15) is 19.3 Å². The molecule has 6 nitrogen and oxygen atoms in total. The maximum Gasteiger partial charge on any atom is 0.319 e. The minimum Gasteiger partial charge on any atom is -0.375 e. The molecule has 126 valence electrons. The predicted octanol–water partition coefficient (Wildman–Crippen LogP) is 2.54. The molecule has 1 aromatic rings. The van der Waals surface area contributed by atoms with Gasteiger partial charge in [-0.15, -0.1) is 0 Å². The quantitative estimate of drug-likeness (QED) is 0.867. The number of anilines is 2. The van der Waals surface area contributed by atoms with Crippen molar-refractivity contribution in [3.05, 3.63) is 23.2 Å². The zero-order valence-electron chi connectivity index (χ0n) is 13.6. The standard InChI is InChI=1S/C16H23ClN4O2/c1-20(2)15-12(17)6-5-7-13(15)19-16(23)18-9-8-14(22)21-10-3-4-11-21/h5-7H,3-4,8-11H2,1-2H3,(H2,18,19,23). The molecule has 0 unspecified atom stereocenters. The molecule has 7 heteroatoms. The van der Waals surface area contributed by atoms with Crippen LogP contribution in [0.25, 0.3) is 0 Å². The molecule has 0 saturated carbocycles. The molecule has 0 bridgehead atoms. The fraction of sp³-hybridized carbons (Fsp3) is 0.500. The molecule has 0 aromatic heterocycles. The van der Waals surface area contributed by atoms with E-state index in [1.165, 1.54) is 0 Å². The SMILES string of the molecule is CN(C)c1c(Cl)cccc1NC(=O)NCCC(=O)N1CCCC1. The van der Waals surface area contributed by atoms with Crippen molar-refractivity contribution in [2.24, 2.45) is 0 Å². The van der Waals surface area contributed by atoms with Crippen LogP contribution in [0.3, 0.4) is 0 Å². The molecule has 2 rings (SSSR count). The molecule has 23 heavy (non-hydrogen) atoms. The van der Waals surface area contributed by atoms with Gasteiger partial charge in [-0.2, -0.15) is 0 Å². The number of carbonyl (C=O) groups is 2. The topological polar surface area (TPSA) is 64.7 Å². The summed E-state index contributed by atoms with van der Waals surface area (Å²) in [6.45, 7) is 1.98. The van der Waals surface area contributed by atoms with Gasteiger partial charge >= 0.3 is 6.03 Å². The number of halogens is 1. The predicted molar refractivity (Wildman–Crippen MR) is 93.2 cm³/mol. The number of hydrogen-bond donors (Lipinski definition) is 2. The Morgan fingerprint density at radius 2 is 1.96 bits per heavy atom. The molecule has 2 N–H and O–H groups in total. The summed E-state index contributed by atoms with van der Waals surface area (Å²) in [6, 6.07) is 5.00. The summed E-state index contributed by atoms with van der Waals surface area (Å²) < 4.78 is 0. The van der Waals surface area contributed by atoms with Gasteiger partial charge in [0.15, 0.2) is 0 Å². The number of para-hydroxylation sites is 1. The molecule has 1 aliphatic heterocycles. The van der Waals surface area contributed by atoms with E-state index in [-0.39, 0.29) is 11.9 Å². The van der Waals surface area contributed by atoms with Crippen molar-refractivity contribution in [2.75, 3.05) is 43.9 Å². The molecule has 0 spiro atoms. The molecular weight excluding hydrogens is 316 g/mol. The lowest BCUT2D eigenvalue weighted by Crippen LogP contribution is -2.34. The number of nitrogens with zero attached hydrogens (tertiary/aromatic N) is 2. The van der Waals surface area contributed by atoms with E-state index in [1.54, 1.807) is 18.2 Å². The molecule has 1 aromatic carbocycles. The van der Waals surface area contributed by atoms with Crippen molar-refractivity contribution in [1.82, 2.24) is 10.2 Å². The summed E-state index contributed by atoms with van der Waals surface area (Å²) in [5.74, 6) is 0.0968. The van der Waals surface area contributed by atoms with Gasteiger partial charge in [0.05, 0.1) is 16.4 Å². The van der Waals surface area contributed by atoms with Gasteiger partial charge in [-0.25, -0.2) is 4.79 Å². The maximum atomic E-state index is 12.0. The zero-order chi connectivity index (χ0) is 16.8. The number of carbonyl (C=O) groups excluding carboxylic acids is 2. The summed E-state index contributed by atoms with van der Waals surface area (Å²) >= 11 is 6.16. The zero-order valence-corrected chi connectivity index (χ0v) is 14.3. The molecule has 1 saturated heterocycles. The summed E-state index contributed by atoms with van der Waals surface area (Å²) in [7, 11) is 3.72. The monoisotopic (exact) mass is 338 g/mol. The van der Waals surface area contributed by atoms with Gasteiger partial charge < -0.3 is 20.4 Å². The van der Waals surface area contributed by atoms with Crippen molar-refractivity contribution in [1.29, 1.82) is 0 Å². The van der Waals surface area contributed by atoms with Crippen LogP contribution in [-0.4, -0.2) is 50.6 Å². The lowest BCUT2D eigenvalue weighted by Gasteiger charge is -2.19. The summed E-state index contributed by atoms with van der Waals surface area (Å²) in [4.78, 5) is 27.6. The Balaban J connectivity index is 1.83. The number of likely N-dealkylation sites (tertiary alicyclic amines) is 1. The second-order valence-electron chi connectivity index (χ2n) is 5.75. The Labute approximate surface area is 141 Å². The lowest BCUT2D eigenvalue weighted by molar-refractivity contribution is -0.129. The first-order valence-electron chi connectivity index (χ1n) is 7.77. The third-order valence-electron chi connectivity index (χ3n) is 3.77. The number of urea groups is 1. The van der Waals surface area contributed by atoms with Crippen LogP contribution in [0.4, 0.5) is 16.2 Å². The Morgan fingerprint density at radius 1 is 1.26 bits per heavy atom. The molecule has 1 heterocycles. The highest BCUT2D eigenvalue weighted by molar-refractivity contribution is 6.34. The fourth-order valence-electron chi connectivity index (χ4n) is 2.64. The van der Waals surface area contributed by atoms with Gasteiger partial charge in [0.2, 0.25) is 5.91 Å². The first-order valence-corrected chi connectivity index (χ1v) is 8.15. The van der Waals surface area contributed by atoms with E-state index in [1.807, 2.05) is 23.9 Å². The molecule has 0 aliphatic carbocycles. The average molecular weight is 339 g/mol. The summed E-state index contributed by atoms with van der Waals surface area (Å²) in [6.07, 6.45) is 2.47. The van der Waals surface area contributed by atoms with Crippen LogP contribution in [0, 0.1) is 0 Å². The van der Waals surface area contributed by atoms with E-state index in [0.29, 0.717) is 23.7 Å². The van der Waals surface area contributed by atoms with E-state index in [0.717, 1.165) is 31.6 Å². The smallest absolute Gasteiger partial charge is 0.319 e. The van der Waals surface area contributed by atoms with Gasteiger partial charge in [0.1, 0.15) is 0 Å². The highest BCUT2D eigenvalue weighted by Crippen LogP contribution is 2.32. The van der Waals surface area contributed by atoms with Gasteiger partial charge in [-0.05, 0) is 25.0 Å². The molecule has 1 fully saturated rings. The van der Waals surface area contributed by atoms with E-state index < -0.39 is 0 Å². The van der Waals surface area contributed by atoms with Crippen molar-refractivity contribution in [3.63, 3.8) is 0 Å². The second-order valence-corrected chi connectivity index (χ2v) is 6.16.